The molecule has 0 fully saturated rings. The van der Waals surface area contributed by atoms with Gasteiger partial charge in [0.25, 0.3) is 0 Å². The Hall–Kier alpha value is -2.77. The third kappa shape index (κ3) is 2.32. The molecule has 0 heterocycles. The zero-order valence-corrected chi connectivity index (χ0v) is 11.4. The van der Waals surface area contributed by atoms with Gasteiger partial charge in [-0.15, -0.1) is 0 Å². The van der Waals surface area contributed by atoms with Crippen molar-refractivity contribution in [1.82, 2.24) is 0 Å². The molecule has 0 amide bonds. The second kappa shape index (κ2) is 5.55. The summed E-state index contributed by atoms with van der Waals surface area (Å²) in [6.45, 7) is 0. The number of hydrogen-bond donors (Lipinski definition) is 4. The molecule has 0 spiro atoms. The Morgan fingerprint density at radius 1 is 1.00 bits per heavy atom. The van der Waals surface area contributed by atoms with Crippen molar-refractivity contribution >= 4 is 28.5 Å². The summed E-state index contributed by atoms with van der Waals surface area (Å²) in [7, 11) is 0. The summed E-state index contributed by atoms with van der Waals surface area (Å²) in [5.41, 5.74) is 8.21. The number of carbonyl (C=O) groups is 3. The number of ketones is 1. The predicted octanol–water partition coefficient (Wildman–Crippen LogP) is 0.217. The molecule has 0 saturated carbocycles. The fourth-order valence-corrected chi connectivity index (χ4v) is 2.21. The lowest BCUT2D eigenvalue weighted by molar-refractivity contribution is -0.149. The van der Waals surface area contributed by atoms with Crippen molar-refractivity contribution < 1.29 is 24.6 Å². The van der Waals surface area contributed by atoms with Crippen LogP contribution in [0.15, 0.2) is 42.5 Å². The van der Waals surface area contributed by atoms with Gasteiger partial charge in [0.15, 0.2) is 5.78 Å². The molecule has 0 aromatic heterocycles. The van der Waals surface area contributed by atoms with Gasteiger partial charge < -0.3 is 21.7 Å². The highest BCUT2D eigenvalue weighted by Gasteiger charge is 2.51. The molecule has 2 rings (SSSR count). The number of carboxylic acid groups (broad SMARTS) is 2. The number of fused-ring (bicyclic) bond motifs is 1. The standard InChI is InChI=1S/C15H14N2O5/c16-11(13(19)20)15(17,14(21)22)12(18)10-7-3-5-8-4-1-2-6-9(8)10/h1-7,11H,16-17H2,(H,19,20)(H,21,22)/t11?,15-/m1/s1. The van der Waals surface area contributed by atoms with E-state index in [1.807, 2.05) is 0 Å². The normalized spacial score (nSPS) is 15.0. The van der Waals surface area contributed by atoms with Crippen LogP contribution in [0.1, 0.15) is 10.4 Å². The molecule has 0 aliphatic rings. The summed E-state index contributed by atoms with van der Waals surface area (Å²) in [6, 6.07) is 9.41. The quantitative estimate of drug-likeness (QED) is 0.456. The lowest BCUT2D eigenvalue weighted by atomic mass is 9.82. The number of nitrogens with two attached hydrogens (primary N) is 2. The van der Waals surface area contributed by atoms with E-state index in [1.54, 1.807) is 36.4 Å². The summed E-state index contributed by atoms with van der Waals surface area (Å²) in [4.78, 5) is 35.1. The molecule has 2 aromatic rings. The Labute approximate surface area is 125 Å². The van der Waals surface area contributed by atoms with Gasteiger partial charge >= 0.3 is 11.9 Å². The third-order valence-corrected chi connectivity index (χ3v) is 3.52. The molecule has 0 aliphatic heterocycles. The maximum absolute atomic E-state index is 12.6. The molecule has 2 aromatic carbocycles. The van der Waals surface area contributed by atoms with Crippen LogP contribution in [0.3, 0.4) is 0 Å². The molecule has 0 bridgehead atoms. The largest absolute Gasteiger partial charge is 0.480 e. The van der Waals surface area contributed by atoms with Crippen LogP contribution in [0, 0.1) is 0 Å². The summed E-state index contributed by atoms with van der Waals surface area (Å²) in [6.07, 6.45) is 0. The Kier molecular flexibility index (Phi) is 3.94. The van der Waals surface area contributed by atoms with E-state index in [0.29, 0.717) is 10.8 Å². The maximum atomic E-state index is 12.6. The van der Waals surface area contributed by atoms with E-state index in [2.05, 4.69) is 0 Å². The average Bonchev–Trinajstić information content (AvgIpc) is 2.51. The summed E-state index contributed by atoms with van der Waals surface area (Å²) in [5, 5.41) is 19.4. The molecule has 0 radical (unpaired) electrons. The number of aliphatic carboxylic acids is 2. The van der Waals surface area contributed by atoms with Crippen LogP contribution in [0.25, 0.3) is 10.8 Å². The summed E-state index contributed by atoms with van der Waals surface area (Å²) >= 11 is 0. The molecule has 1 unspecified atom stereocenters. The summed E-state index contributed by atoms with van der Waals surface area (Å²) in [5.74, 6) is -4.51. The van der Waals surface area contributed by atoms with Gasteiger partial charge in [-0.05, 0) is 10.8 Å². The molecule has 7 nitrogen and oxygen atoms in total. The number of Topliss-reactive ketones (excluding diaryl/α,β-unsaturated/α-hetero) is 1. The van der Waals surface area contributed by atoms with Gasteiger partial charge in [0, 0.05) is 5.56 Å². The first kappa shape index (κ1) is 15.6. The Balaban J connectivity index is 2.65. The number of carbonyl (C=O) groups excluding carboxylic acids is 1. The van der Waals surface area contributed by atoms with Crippen molar-refractivity contribution in [2.75, 3.05) is 0 Å². The Morgan fingerprint density at radius 3 is 2.18 bits per heavy atom. The number of hydrogen-bond acceptors (Lipinski definition) is 5. The van der Waals surface area contributed by atoms with Crippen LogP contribution >= 0.6 is 0 Å². The van der Waals surface area contributed by atoms with E-state index in [1.165, 1.54) is 6.07 Å². The van der Waals surface area contributed by atoms with E-state index >= 15 is 0 Å². The molecular weight excluding hydrogens is 288 g/mol. The molecule has 7 heteroatoms. The van der Waals surface area contributed by atoms with Crippen LogP contribution in [0.5, 0.6) is 0 Å². The maximum Gasteiger partial charge on any atom is 0.334 e. The lowest BCUT2D eigenvalue weighted by Gasteiger charge is -2.27. The van der Waals surface area contributed by atoms with Gasteiger partial charge in [-0.25, -0.2) is 4.79 Å². The highest BCUT2D eigenvalue weighted by molar-refractivity contribution is 6.23. The van der Waals surface area contributed by atoms with Crippen molar-refractivity contribution in [2.45, 2.75) is 11.6 Å². The number of carboxylic acids is 2. The van der Waals surface area contributed by atoms with Gasteiger partial charge in [0.2, 0.25) is 5.54 Å². The predicted molar refractivity (Wildman–Crippen MR) is 78.4 cm³/mol. The first-order valence-electron chi connectivity index (χ1n) is 6.33. The molecule has 0 aliphatic carbocycles. The highest BCUT2D eigenvalue weighted by Crippen LogP contribution is 2.23. The minimum atomic E-state index is -2.75. The second-order valence-electron chi connectivity index (χ2n) is 4.85. The molecular formula is C15H14N2O5. The van der Waals surface area contributed by atoms with Crippen LogP contribution in [-0.4, -0.2) is 39.5 Å². The molecule has 6 N–H and O–H groups in total. The molecule has 22 heavy (non-hydrogen) atoms. The van der Waals surface area contributed by atoms with Crippen molar-refractivity contribution in [2.24, 2.45) is 11.5 Å². The second-order valence-corrected chi connectivity index (χ2v) is 4.85. The van der Waals surface area contributed by atoms with Crippen molar-refractivity contribution in [3.8, 4) is 0 Å². The smallest absolute Gasteiger partial charge is 0.334 e. The number of rotatable bonds is 5. The van der Waals surface area contributed by atoms with Crippen LogP contribution < -0.4 is 11.5 Å². The topological polar surface area (TPSA) is 144 Å². The van der Waals surface area contributed by atoms with E-state index in [4.69, 9.17) is 16.6 Å². The zero-order chi connectivity index (χ0) is 16.5. The van der Waals surface area contributed by atoms with Gasteiger partial charge in [0.05, 0.1) is 0 Å². The average molecular weight is 302 g/mol. The van der Waals surface area contributed by atoms with Crippen molar-refractivity contribution in [3.05, 3.63) is 48.0 Å². The third-order valence-electron chi connectivity index (χ3n) is 3.52. The van der Waals surface area contributed by atoms with Gasteiger partial charge in [-0.3, -0.25) is 9.59 Å². The highest BCUT2D eigenvalue weighted by atomic mass is 16.4. The van der Waals surface area contributed by atoms with Crippen LogP contribution in [0.2, 0.25) is 0 Å². The lowest BCUT2D eigenvalue weighted by Crippen LogP contribution is -2.68. The zero-order valence-electron chi connectivity index (χ0n) is 11.4. The van der Waals surface area contributed by atoms with E-state index in [-0.39, 0.29) is 5.56 Å². The van der Waals surface area contributed by atoms with Gasteiger partial charge in [0.1, 0.15) is 6.04 Å². The summed E-state index contributed by atoms with van der Waals surface area (Å²) < 4.78 is 0. The van der Waals surface area contributed by atoms with E-state index in [9.17, 15) is 19.5 Å². The Morgan fingerprint density at radius 2 is 1.59 bits per heavy atom. The van der Waals surface area contributed by atoms with Crippen molar-refractivity contribution in [3.63, 3.8) is 0 Å². The van der Waals surface area contributed by atoms with Crippen LogP contribution in [-0.2, 0) is 9.59 Å². The van der Waals surface area contributed by atoms with Crippen molar-refractivity contribution in [1.29, 1.82) is 0 Å². The molecule has 0 saturated heterocycles. The van der Waals surface area contributed by atoms with Gasteiger partial charge in [-0.2, -0.15) is 0 Å². The van der Waals surface area contributed by atoms with Gasteiger partial charge in [-0.1, -0.05) is 42.5 Å². The van der Waals surface area contributed by atoms with E-state index < -0.39 is 29.3 Å². The number of benzene rings is 2. The SMILES string of the molecule is NC(C(=O)O)[C@](N)(C(=O)O)C(=O)c1cccc2ccccc12. The van der Waals surface area contributed by atoms with Crippen LogP contribution in [0.4, 0.5) is 0 Å². The minimum absolute atomic E-state index is 0.0136. The minimum Gasteiger partial charge on any atom is -0.480 e. The first-order chi connectivity index (χ1) is 10.3. The Bertz CT molecular complexity index is 768. The molecule has 114 valence electrons. The first-order valence-corrected chi connectivity index (χ1v) is 6.33. The fourth-order valence-electron chi connectivity index (χ4n) is 2.21. The molecule has 2 atom stereocenters. The van der Waals surface area contributed by atoms with E-state index in [0.717, 1.165) is 0 Å². The monoisotopic (exact) mass is 302 g/mol. The fraction of sp³-hybridized carbons (Fsp3) is 0.133.